The molecule has 0 heterocycles. The lowest BCUT2D eigenvalue weighted by Gasteiger charge is -2.61. The molecule has 4 rings (SSSR count). The van der Waals surface area contributed by atoms with Crippen LogP contribution >= 0.6 is 0 Å². The van der Waals surface area contributed by atoms with Crippen LogP contribution < -0.4 is 0 Å². The van der Waals surface area contributed by atoms with E-state index in [1.807, 2.05) is 6.92 Å². The Labute approximate surface area is 147 Å². The second kappa shape index (κ2) is 5.32. The van der Waals surface area contributed by atoms with Gasteiger partial charge in [0.25, 0.3) is 0 Å². The van der Waals surface area contributed by atoms with Crippen molar-refractivity contribution in [2.75, 3.05) is 0 Å². The standard InChI is InChI=1S/C22H36O2/c1-14(23)21(3)11-9-19-17-6-5-15-13-16(24)7-10-20(15,2)18(17)8-12-22(19,21)4/h15-19,24H,5-13H2,1-4H3/t15-,16?,17?,18?,19?,20?,21?,22?/m1/s1. The summed E-state index contributed by atoms with van der Waals surface area (Å²) in [7, 11) is 0. The van der Waals surface area contributed by atoms with E-state index >= 15 is 0 Å². The van der Waals surface area contributed by atoms with Gasteiger partial charge in [0, 0.05) is 5.41 Å². The van der Waals surface area contributed by atoms with Crippen molar-refractivity contribution in [2.45, 2.75) is 91.6 Å². The highest BCUT2D eigenvalue weighted by Crippen LogP contribution is 2.70. The van der Waals surface area contributed by atoms with Crippen LogP contribution in [-0.2, 0) is 4.79 Å². The SMILES string of the molecule is CC(=O)C1(C)CCC2C3CC[C@@H]4CC(O)CCC4(C)C3CCC21C. The highest BCUT2D eigenvalue weighted by molar-refractivity contribution is 5.83. The van der Waals surface area contributed by atoms with Gasteiger partial charge in [-0.2, -0.15) is 0 Å². The third-order valence-corrected chi connectivity index (χ3v) is 10.0. The number of carbonyl (C=O) groups excluding carboxylic acids is 1. The van der Waals surface area contributed by atoms with Gasteiger partial charge in [-0.05, 0) is 99.2 Å². The fourth-order valence-corrected chi connectivity index (χ4v) is 8.08. The number of aliphatic hydroxyl groups excluding tert-OH is 1. The molecule has 1 N–H and O–H groups in total. The van der Waals surface area contributed by atoms with E-state index < -0.39 is 0 Å². The predicted octanol–water partition coefficient (Wildman–Crippen LogP) is 4.99. The number of fused-ring (bicyclic) bond motifs is 5. The van der Waals surface area contributed by atoms with Crippen LogP contribution in [0.4, 0.5) is 0 Å². The summed E-state index contributed by atoms with van der Waals surface area (Å²) in [4.78, 5) is 12.5. The molecule has 7 unspecified atom stereocenters. The second-order valence-electron chi connectivity index (χ2n) is 10.5. The Hall–Kier alpha value is -0.370. The van der Waals surface area contributed by atoms with Gasteiger partial charge >= 0.3 is 0 Å². The second-order valence-corrected chi connectivity index (χ2v) is 10.5. The minimum absolute atomic E-state index is 0.0547. The molecule has 0 radical (unpaired) electrons. The molecule has 4 fully saturated rings. The van der Waals surface area contributed by atoms with Gasteiger partial charge in [0.2, 0.25) is 0 Å². The molecule has 0 saturated heterocycles. The van der Waals surface area contributed by atoms with Gasteiger partial charge in [-0.25, -0.2) is 0 Å². The van der Waals surface area contributed by atoms with Crippen LogP contribution in [-0.4, -0.2) is 17.0 Å². The van der Waals surface area contributed by atoms with Gasteiger partial charge in [-0.1, -0.05) is 20.8 Å². The summed E-state index contributed by atoms with van der Waals surface area (Å²) < 4.78 is 0. The smallest absolute Gasteiger partial charge is 0.136 e. The Balaban J connectivity index is 1.65. The Bertz CT molecular complexity index is 542. The van der Waals surface area contributed by atoms with Crippen LogP contribution in [0.1, 0.15) is 85.5 Å². The van der Waals surface area contributed by atoms with E-state index in [0.29, 0.717) is 11.2 Å². The zero-order chi connectivity index (χ0) is 17.3. The van der Waals surface area contributed by atoms with E-state index in [1.54, 1.807) is 0 Å². The molecule has 0 aliphatic heterocycles. The number of Topliss-reactive ketones (excluding diaryl/α,β-unsaturated/α-hetero) is 1. The van der Waals surface area contributed by atoms with Crippen LogP contribution in [0.25, 0.3) is 0 Å². The van der Waals surface area contributed by atoms with Gasteiger partial charge < -0.3 is 5.11 Å². The van der Waals surface area contributed by atoms with Crippen LogP contribution in [0.5, 0.6) is 0 Å². The third kappa shape index (κ3) is 2.01. The van der Waals surface area contributed by atoms with E-state index in [1.165, 1.54) is 38.5 Å². The molecule has 0 aromatic heterocycles. The van der Waals surface area contributed by atoms with Gasteiger partial charge in [-0.15, -0.1) is 0 Å². The van der Waals surface area contributed by atoms with Crippen molar-refractivity contribution >= 4 is 5.78 Å². The molecular weight excluding hydrogens is 296 g/mol. The van der Waals surface area contributed by atoms with E-state index in [2.05, 4.69) is 20.8 Å². The molecule has 2 heteroatoms. The lowest BCUT2D eigenvalue weighted by molar-refractivity contribution is -0.150. The molecule has 0 spiro atoms. The molecule has 4 saturated carbocycles. The molecule has 4 aliphatic rings. The monoisotopic (exact) mass is 332 g/mol. The zero-order valence-electron chi connectivity index (χ0n) is 16.1. The molecule has 24 heavy (non-hydrogen) atoms. The molecule has 0 amide bonds. The first-order valence-electron chi connectivity index (χ1n) is 10.4. The van der Waals surface area contributed by atoms with Crippen molar-refractivity contribution in [3.63, 3.8) is 0 Å². The molecule has 2 nitrogen and oxygen atoms in total. The first-order chi connectivity index (χ1) is 11.2. The molecule has 0 bridgehead atoms. The maximum atomic E-state index is 12.5. The van der Waals surface area contributed by atoms with Crippen LogP contribution in [0.3, 0.4) is 0 Å². The van der Waals surface area contributed by atoms with E-state index in [-0.39, 0.29) is 16.9 Å². The van der Waals surface area contributed by atoms with Crippen LogP contribution in [0.15, 0.2) is 0 Å². The largest absolute Gasteiger partial charge is 0.393 e. The van der Waals surface area contributed by atoms with E-state index in [4.69, 9.17) is 0 Å². The third-order valence-electron chi connectivity index (χ3n) is 10.0. The summed E-state index contributed by atoms with van der Waals surface area (Å²) in [5, 5.41) is 10.1. The maximum Gasteiger partial charge on any atom is 0.136 e. The average Bonchev–Trinajstić information content (AvgIpc) is 2.81. The lowest BCUT2D eigenvalue weighted by atomic mass is 9.43. The first kappa shape index (κ1) is 17.1. The molecule has 0 aromatic rings. The van der Waals surface area contributed by atoms with Crippen molar-refractivity contribution in [1.29, 1.82) is 0 Å². The lowest BCUT2D eigenvalue weighted by Crippen LogP contribution is -2.55. The summed E-state index contributed by atoms with van der Waals surface area (Å²) >= 11 is 0. The van der Waals surface area contributed by atoms with Crippen molar-refractivity contribution in [2.24, 2.45) is 39.9 Å². The van der Waals surface area contributed by atoms with Crippen molar-refractivity contribution < 1.29 is 9.90 Å². The molecule has 136 valence electrons. The maximum absolute atomic E-state index is 12.5. The van der Waals surface area contributed by atoms with Crippen LogP contribution in [0, 0.1) is 39.9 Å². The van der Waals surface area contributed by atoms with Gasteiger partial charge in [0.15, 0.2) is 0 Å². The number of aliphatic hydroxyl groups is 1. The van der Waals surface area contributed by atoms with E-state index in [9.17, 15) is 9.90 Å². The number of carbonyl (C=O) groups is 1. The predicted molar refractivity (Wildman–Crippen MR) is 96.5 cm³/mol. The average molecular weight is 333 g/mol. The van der Waals surface area contributed by atoms with Crippen molar-refractivity contribution in [3.05, 3.63) is 0 Å². The van der Waals surface area contributed by atoms with Gasteiger partial charge in [0.1, 0.15) is 5.78 Å². The van der Waals surface area contributed by atoms with Crippen molar-refractivity contribution in [3.8, 4) is 0 Å². The first-order valence-corrected chi connectivity index (χ1v) is 10.4. The minimum Gasteiger partial charge on any atom is -0.393 e. The Morgan fingerprint density at radius 1 is 0.917 bits per heavy atom. The summed E-state index contributed by atoms with van der Waals surface area (Å²) in [6.07, 6.45) is 10.8. The molecule has 0 aromatic carbocycles. The quantitative estimate of drug-likeness (QED) is 0.735. The van der Waals surface area contributed by atoms with Crippen molar-refractivity contribution in [1.82, 2.24) is 0 Å². The Morgan fingerprint density at radius 3 is 2.33 bits per heavy atom. The zero-order valence-corrected chi connectivity index (χ0v) is 16.1. The summed E-state index contributed by atoms with van der Waals surface area (Å²) in [5.41, 5.74) is 0.569. The number of hydrogen-bond donors (Lipinski definition) is 1. The molecule has 4 aliphatic carbocycles. The Morgan fingerprint density at radius 2 is 1.62 bits per heavy atom. The molecule has 8 atom stereocenters. The fourth-order valence-electron chi connectivity index (χ4n) is 8.08. The molecular formula is C22H36O2. The van der Waals surface area contributed by atoms with Crippen LogP contribution in [0.2, 0.25) is 0 Å². The minimum atomic E-state index is -0.0941. The number of ketones is 1. The summed E-state index contributed by atoms with van der Waals surface area (Å²) in [6.45, 7) is 9.09. The van der Waals surface area contributed by atoms with E-state index in [0.717, 1.165) is 42.9 Å². The summed E-state index contributed by atoms with van der Waals surface area (Å²) in [5.74, 6) is 3.55. The normalized spacial score (nSPS) is 57.0. The summed E-state index contributed by atoms with van der Waals surface area (Å²) in [6, 6.07) is 0. The van der Waals surface area contributed by atoms with Gasteiger partial charge in [0.05, 0.1) is 6.10 Å². The number of rotatable bonds is 1. The highest BCUT2D eigenvalue weighted by Gasteiger charge is 2.64. The van der Waals surface area contributed by atoms with Gasteiger partial charge in [-0.3, -0.25) is 4.79 Å². The number of hydrogen-bond acceptors (Lipinski definition) is 2. The Kier molecular flexibility index (Phi) is 3.78. The fraction of sp³-hybridized carbons (Fsp3) is 0.955. The highest BCUT2D eigenvalue weighted by atomic mass is 16.3. The topological polar surface area (TPSA) is 37.3 Å².